The number of carboxylic acid groups (broad SMARTS) is 1. The molecule has 0 saturated carbocycles. The number of carbonyl (C=O) groups excluding carboxylic acids is 4. The molecule has 4 atom stereocenters. The van der Waals surface area contributed by atoms with E-state index in [-0.39, 0.29) is 31.6 Å². The Hall–Kier alpha value is -3.97. The van der Waals surface area contributed by atoms with Crippen molar-refractivity contribution < 1.29 is 29.1 Å². The molecule has 1 fully saturated rings. The van der Waals surface area contributed by atoms with E-state index in [1.165, 1.54) is 0 Å². The molecular formula is C27H39N7O6. The standard InChI is InChI=1S/C27H39N7O6/c28-12-4-3-8-20(25(37)33-21(27(39)40)10-11-23(29)35)32-26(38)22(34-24(36)19-9-5-13-30-19)14-16-15-31-18-7-2-1-6-17(16)18/h1-2,6-7,15,19-22,30-31H,3-5,8-14,28H2,(H2,29,35)(H,32,38)(H,33,37)(H,34,36)(H,39,40). The number of nitrogens with two attached hydrogens (primary N) is 2. The quantitative estimate of drug-likeness (QED) is 0.124. The molecule has 40 heavy (non-hydrogen) atoms. The predicted molar refractivity (Wildman–Crippen MR) is 148 cm³/mol. The summed E-state index contributed by atoms with van der Waals surface area (Å²) in [6.07, 6.45) is 4.33. The van der Waals surface area contributed by atoms with E-state index in [2.05, 4.69) is 26.3 Å². The minimum atomic E-state index is -1.36. The van der Waals surface area contributed by atoms with Gasteiger partial charge in [-0.05, 0) is 63.2 Å². The molecule has 2 heterocycles. The average molecular weight is 558 g/mol. The number of aliphatic carboxylic acids is 1. The minimum Gasteiger partial charge on any atom is -0.480 e. The van der Waals surface area contributed by atoms with Crippen molar-refractivity contribution in [3.05, 3.63) is 36.0 Å². The van der Waals surface area contributed by atoms with E-state index < -0.39 is 47.9 Å². The van der Waals surface area contributed by atoms with E-state index in [1.807, 2.05) is 24.3 Å². The third-order valence-electron chi connectivity index (χ3n) is 6.98. The first-order chi connectivity index (χ1) is 19.2. The van der Waals surface area contributed by atoms with Crippen LogP contribution in [0.1, 0.15) is 50.5 Å². The predicted octanol–water partition coefficient (Wildman–Crippen LogP) is -0.604. The van der Waals surface area contributed by atoms with Crippen LogP contribution in [-0.4, -0.2) is 76.9 Å². The topological polar surface area (TPSA) is 222 Å². The van der Waals surface area contributed by atoms with Crippen molar-refractivity contribution in [2.75, 3.05) is 13.1 Å². The summed E-state index contributed by atoms with van der Waals surface area (Å²) in [5.41, 5.74) is 12.4. The molecule has 4 amide bonds. The maximum atomic E-state index is 13.6. The van der Waals surface area contributed by atoms with E-state index in [4.69, 9.17) is 11.5 Å². The van der Waals surface area contributed by atoms with Crippen LogP contribution in [0.2, 0.25) is 0 Å². The van der Waals surface area contributed by atoms with Crippen molar-refractivity contribution in [2.45, 2.75) is 75.5 Å². The molecular weight excluding hydrogens is 518 g/mol. The monoisotopic (exact) mass is 557 g/mol. The fraction of sp³-hybridized carbons (Fsp3) is 0.519. The van der Waals surface area contributed by atoms with Gasteiger partial charge in [-0.2, -0.15) is 0 Å². The van der Waals surface area contributed by atoms with Crippen LogP contribution in [0.5, 0.6) is 0 Å². The molecule has 1 saturated heterocycles. The number of fused-ring (bicyclic) bond motifs is 1. The highest BCUT2D eigenvalue weighted by atomic mass is 16.4. The fourth-order valence-electron chi connectivity index (χ4n) is 4.76. The third-order valence-corrected chi connectivity index (χ3v) is 6.98. The van der Waals surface area contributed by atoms with Crippen LogP contribution in [0, 0.1) is 0 Å². The maximum Gasteiger partial charge on any atom is 0.326 e. The molecule has 1 aromatic carbocycles. The summed E-state index contributed by atoms with van der Waals surface area (Å²) < 4.78 is 0. The number of nitrogens with one attached hydrogen (secondary N) is 5. The van der Waals surface area contributed by atoms with Gasteiger partial charge in [-0.15, -0.1) is 0 Å². The van der Waals surface area contributed by atoms with Gasteiger partial charge in [0.25, 0.3) is 0 Å². The van der Waals surface area contributed by atoms with Crippen LogP contribution in [-0.2, 0) is 30.4 Å². The van der Waals surface area contributed by atoms with Crippen molar-refractivity contribution in [1.29, 1.82) is 0 Å². The molecule has 0 aliphatic carbocycles. The summed E-state index contributed by atoms with van der Waals surface area (Å²) >= 11 is 0. The molecule has 0 radical (unpaired) electrons. The van der Waals surface area contributed by atoms with Crippen LogP contribution in [0.15, 0.2) is 30.5 Å². The van der Waals surface area contributed by atoms with E-state index in [9.17, 15) is 29.1 Å². The molecule has 3 rings (SSSR count). The molecule has 1 aliphatic heterocycles. The summed E-state index contributed by atoms with van der Waals surface area (Å²) in [4.78, 5) is 65.7. The van der Waals surface area contributed by atoms with Gasteiger partial charge >= 0.3 is 5.97 Å². The Morgan fingerprint density at radius 1 is 0.975 bits per heavy atom. The number of amides is 4. The van der Waals surface area contributed by atoms with Crippen molar-refractivity contribution in [1.82, 2.24) is 26.3 Å². The lowest BCUT2D eigenvalue weighted by Gasteiger charge is -2.25. The second-order valence-corrected chi connectivity index (χ2v) is 10.0. The zero-order valence-electron chi connectivity index (χ0n) is 22.4. The number of aromatic nitrogens is 1. The van der Waals surface area contributed by atoms with Gasteiger partial charge in [-0.1, -0.05) is 18.2 Å². The number of benzene rings is 1. The molecule has 1 aliphatic rings. The molecule has 4 unspecified atom stereocenters. The van der Waals surface area contributed by atoms with Gasteiger partial charge in [-0.25, -0.2) is 4.79 Å². The third kappa shape index (κ3) is 8.78. The highest BCUT2D eigenvalue weighted by Gasteiger charge is 2.32. The number of carboxylic acids is 1. The van der Waals surface area contributed by atoms with Gasteiger partial charge in [-0.3, -0.25) is 19.2 Å². The van der Waals surface area contributed by atoms with Crippen LogP contribution in [0.4, 0.5) is 0 Å². The van der Waals surface area contributed by atoms with Crippen molar-refractivity contribution in [2.24, 2.45) is 11.5 Å². The van der Waals surface area contributed by atoms with Crippen LogP contribution < -0.4 is 32.7 Å². The first kappa shape index (κ1) is 30.6. The van der Waals surface area contributed by atoms with Gasteiger partial charge < -0.3 is 42.8 Å². The van der Waals surface area contributed by atoms with Crippen molar-refractivity contribution >= 4 is 40.5 Å². The van der Waals surface area contributed by atoms with Crippen LogP contribution in [0.25, 0.3) is 10.9 Å². The SMILES string of the molecule is NCCCCC(NC(=O)C(Cc1c[nH]c2ccccc12)NC(=O)C1CCCN1)C(=O)NC(CCC(N)=O)C(=O)O. The summed E-state index contributed by atoms with van der Waals surface area (Å²) in [6.45, 7) is 1.09. The highest BCUT2D eigenvalue weighted by molar-refractivity contribution is 5.95. The molecule has 13 heteroatoms. The van der Waals surface area contributed by atoms with Gasteiger partial charge in [0.2, 0.25) is 23.6 Å². The lowest BCUT2D eigenvalue weighted by molar-refractivity contribution is -0.142. The summed E-state index contributed by atoms with van der Waals surface area (Å²) in [6, 6.07) is 3.74. The second-order valence-electron chi connectivity index (χ2n) is 10.0. The van der Waals surface area contributed by atoms with Crippen LogP contribution in [0.3, 0.4) is 0 Å². The summed E-state index contributed by atoms with van der Waals surface area (Å²) in [5, 5.41) is 21.5. The Morgan fingerprint density at radius 2 is 1.70 bits per heavy atom. The minimum absolute atomic E-state index is 0.168. The molecule has 2 aromatic rings. The van der Waals surface area contributed by atoms with Crippen LogP contribution >= 0.6 is 0 Å². The lowest BCUT2D eigenvalue weighted by atomic mass is 10.0. The van der Waals surface area contributed by atoms with Gasteiger partial charge in [0.1, 0.15) is 18.1 Å². The normalized spacial score (nSPS) is 17.1. The number of rotatable bonds is 16. The Morgan fingerprint density at radius 3 is 2.38 bits per heavy atom. The number of hydrogen-bond acceptors (Lipinski definition) is 7. The smallest absolute Gasteiger partial charge is 0.326 e. The Balaban J connectivity index is 1.79. The number of H-pyrrole nitrogens is 1. The highest BCUT2D eigenvalue weighted by Crippen LogP contribution is 2.19. The summed E-state index contributed by atoms with van der Waals surface area (Å²) in [7, 11) is 0. The van der Waals surface area contributed by atoms with E-state index in [0.717, 1.165) is 22.9 Å². The zero-order valence-corrected chi connectivity index (χ0v) is 22.4. The molecule has 13 nitrogen and oxygen atoms in total. The molecule has 218 valence electrons. The number of para-hydroxylation sites is 1. The van der Waals surface area contributed by atoms with Gasteiger partial charge in [0, 0.05) is 29.9 Å². The first-order valence-electron chi connectivity index (χ1n) is 13.6. The van der Waals surface area contributed by atoms with E-state index in [0.29, 0.717) is 32.4 Å². The largest absolute Gasteiger partial charge is 0.480 e. The second kappa shape index (κ2) is 15.0. The summed E-state index contributed by atoms with van der Waals surface area (Å²) in [5.74, 6) is -3.61. The maximum absolute atomic E-state index is 13.6. The lowest BCUT2D eigenvalue weighted by Crippen LogP contribution is -2.57. The zero-order chi connectivity index (χ0) is 29.1. The Labute approximate surface area is 232 Å². The number of aromatic amines is 1. The fourth-order valence-corrected chi connectivity index (χ4v) is 4.76. The van der Waals surface area contributed by atoms with E-state index >= 15 is 0 Å². The van der Waals surface area contributed by atoms with Gasteiger partial charge in [0.15, 0.2) is 0 Å². The number of carbonyl (C=O) groups is 5. The van der Waals surface area contributed by atoms with Crippen molar-refractivity contribution in [3.8, 4) is 0 Å². The number of hydrogen-bond donors (Lipinski definition) is 8. The Bertz CT molecular complexity index is 1190. The van der Waals surface area contributed by atoms with Crippen molar-refractivity contribution in [3.63, 3.8) is 0 Å². The molecule has 1 aromatic heterocycles. The number of primary amides is 1. The number of unbranched alkanes of at least 4 members (excludes halogenated alkanes) is 1. The molecule has 0 bridgehead atoms. The molecule has 0 spiro atoms. The first-order valence-corrected chi connectivity index (χ1v) is 13.6. The average Bonchev–Trinajstić information content (AvgIpc) is 3.60. The Kier molecular flexibility index (Phi) is 11.5. The molecule has 10 N–H and O–H groups in total. The van der Waals surface area contributed by atoms with E-state index in [1.54, 1.807) is 6.20 Å². The van der Waals surface area contributed by atoms with Gasteiger partial charge in [0.05, 0.1) is 6.04 Å².